The van der Waals surface area contributed by atoms with E-state index in [0.29, 0.717) is 17.9 Å². The highest BCUT2D eigenvalue weighted by Crippen LogP contribution is 2.36. The number of fused-ring (bicyclic) bond motifs is 1. The standard InChI is InChI=1S/C27H24N2O3/c1-19-23(27(30)28-15-14-20-8-4-2-5-9-20)17-24(21-10-6-3-7-11-21)29(19)22-12-13-25-26(16-22)32-18-31-25/h2-13,16-17H,14-15,18H2,1H3,(H,28,30). The average molecular weight is 425 g/mol. The van der Waals surface area contributed by atoms with E-state index in [1.165, 1.54) is 5.56 Å². The predicted molar refractivity (Wildman–Crippen MR) is 125 cm³/mol. The molecule has 0 saturated carbocycles. The first-order valence-electron chi connectivity index (χ1n) is 10.7. The summed E-state index contributed by atoms with van der Waals surface area (Å²) in [6, 6.07) is 28.1. The maximum absolute atomic E-state index is 13.1. The average Bonchev–Trinajstić information content (AvgIpc) is 3.44. The van der Waals surface area contributed by atoms with Crippen molar-refractivity contribution in [3.8, 4) is 28.4 Å². The molecule has 1 aliphatic rings. The summed E-state index contributed by atoms with van der Waals surface area (Å²) in [5.74, 6) is 1.37. The van der Waals surface area contributed by atoms with Crippen LogP contribution in [0.25, 0.3) is 16.9 Å². The minimum absolute atomic E-state index is 0.0740. The van der Waals surface area contributed by atoms with Crippen LogP contribution in [0.4, 0.5) is 0 Å². The summed E-state index contributed by atoms with van der Waals surface area (Å²) in [6.45, 7) is 2.78. The fourth-order valence-electron chi connectivity index (χ4n) is 4.08. The highest BCUT2D eigenvalue weighted by atomic mass is 16.7. The van der Waals surface area contributed by atoms with Crippen LogP contribution in [-0.2, 0) is 6.42 Å². The van der Waals surface area contributed by atoms with Crippen LogP contribution in [0.2, 0.25) is 0 Å². The summed E-state index contributed by atoms with van der Waals surface area (Å²) in [5, 5.41) is 3.08. The Balaban J connectivity index is 1.48. The Morgan fingerprint density at radius 2 is 1.62 bits per heavy atom. The van der Waals surface area contributed by atoms with Crippen LogP contribution in [0, 0.1) is 6.92 Å². The topological polar surface area (TPSA) is 52.5 Å². The molecule has 4 aromatic rings. The molecule has 160 valence electrons. The largest absolute Gasteiger partial charge is 0.454 e. The Morgan fingerprint density at radius 3 is 2.41 bits per heavy atom. The first-order valence-corrected chi connectivity index (χ1v) is 10.7. The summed E-state index contributed by atoms with van der Waals surface area (Å²) in [5.41, 5.74) is 5.66. The summed E-state index contributed by atoms with van der Waals surface area (Å²) in [7, 11) is 0. The van der Waals surface area contributed by atoms with Gasteiger partial charge in [-0.1, -0.05) is 60.7 Å². The SMILES string of the molecule is Cc1c(C(=O)NCCc2ccccc2)cc(-c2ccccc2)n1-c1ccc2c(c1)OCO2. The molecule has 0 saturated heterocycles. The molecule has 0 aliphatic carbocycles. The van der Waals surface area contributed by atoms with Crippen LogP contribution in [0.1, 0.15) is 21.6 Å². The third-order valence-electron chi connectivity index (χ3n) is 5.72. The van der Waals surface area contributed by atoms with Crippen molar-refractivity contribution in [3.63, 3.8) is 0 Å². The van der Waals surface area contributed by atoms with Crippen LogP contribution in [0.5, 0.6) is 11.5 Å². The number of benzene rings is 3. The van der Waals surface area contributed by atoms with Gasteiger partial charge >= 0.3 is 0 Å². The number of rotatable bonds is 6. The maximum Gasteiger partial charge on any atom is 0.253 e. The van der Waals surface area contributed by atoms with Crippen LogP contribution < -0.4 is 14.8 Å². The van der Waals surface area contributed by atoms with E-state index < -0.39 is 0 Å². The molecule has 2 heterocycles. The van der Waals surface area contributed by atoms with Crippen molar-refractivity contribution < 1.29 is 14.3 Å². The number of amides is 1. The smallest absolute Gasteiger partial charge is 0.253 e. The van der Waals surface area contributed by atoms with Gasteiger partial charge in [-0.25, -0.2) is 0 Å². The number of carbonyl (C=O) groups excluding carboxylic acids is 1. The molecular formula is C27H24N2O3. The van der Waals surface area contributed by atoms with Crippen molar-refractivity contribution in [1.29, 1.82) is 0 Å². The van der Waals surface area contributed by atoms with Crippen LogP contribution >= 0.6 is 0 Å². The van der Waals surface area contributed by atoms with Crippen molar-refractivity contribution >= 4 is 5.91 Å². The molecule has 1 amide bonds. The van der Waals surface area contributed by atoms with Gasteiger partial charge in [-0.15, -0.1) is 0 Å². The maximum atomic E-state index is 13.1. The zero-order valence-corrected chi connectivity index (χ0v) is 17.9. The highest BCUT2D eigenvalue weighted by molar-refractivity contribution is 5.97. The van der Waals surface area contributed by atoms with E-state index in [9.17, 15) is 4.79 Å². The lowest BCUT2D eigenvalue weighted by molar-refractivity contribution is 0.0953. The Morgan fingerprint density at radius 1 is 0.906 bits per heavy atom. The molecule has 0 unspecified atom stereocenters. The third kappa shape index (κ3) is 3.85. The number of hydrogen-bond donors (Lipinski definition) is 1. The number of hydrogen-bond acceptors (Lipinski definition) is 3. The molecule has 0 fully saturated rings. The summed E-state index contributed by atoms with van der Waals surface area (Å²) >= 11 is 0. The number of aromatic nitrogens is 1. The van der Waals surface area contributed by atoms with Crippen molar-refractivity contribution in [1.82, 2.24) is 9.88 Å². The summed E-state index contributed by atoms with van der Waals surface area (Å²) in [4.78, 5) is 13.1. The molecule has 0 spiro atoms. The van der Waals surface area contributed by atoms with Gasteiger partial charge in [0.15, 0.2) is 11.5 Å². The number of nitrogens with one attached hydrogen (secondary N) is 1. The van der Waals surface area contributed by atoms with Gasteiger partial charge in [0.1, 0.15) is 0 Å². The van der Waals surface area contributed by atoms with E-state index >= 15 is 0 Å². The Kier molecular flexibility index (Phi) is 5.38. The number of carbonyl (C=O) groups is 1. The van der Waals surface area contributed by atoms with E-state index in [0.717, 1.165) is 34.8 Å². The second-order valence-corrected chi connectivity index (χ2v) is 7.76. The fraction of sp³-hybridized carbons (Fsp3) is 0.148. The van der Waals surface area contributed by atoms with Gasteiger partial charge in [0, 0.05) is 24.0 Å². The van der Waals surface area contributed by atoms with E-state index in [2.05, 4.69) is 34.1 Å². The normalized spacial score (nSPS) is 12.0. The van der Waals surface area contributed by atoms with Crippen molar-refractivity contribution in [2.75, 3.05) is 13.3 Å². The summed E-state index contributed by atoms with van der Waals surface area (Å²) in [6.07, 6.45) is 0.792. The van der Waals surface area contributed by atoms with Crippen LogP contribution in [0.15, 0.2) is 84.9 Å². The number of nitrogens with zero attached hydrogens (tertiary/aromatic N) is 1. The molecule has 5 heteroatoms. The quantitative estimate of drug-likeness (QED) is 0.466. The molecule has 1 aromatic heterocycles. The molecule has 1 N–H and O–H groups in total. The lowest BCUT2D eigenvalue weighted by Gasteiger charge is -2.13. The van der Waals surface area contributed by atoms with Crippen molar-refractivity contribution in [2.24, 2.45) is 0 Å². The van der Waals surface area contributed by atoms with Crippen LogP contribution in [-0.4, -0.2) is 23.8 Å². The zero-order valence-electron chi connectivity index (χ0n) is 17.9. The highest BCUT2D eigenvalue weighted by Gasteiger charge is 2.21. The number of ether oxygens (including phenoxy) is 2. The van der Waals surface area contributed by atoms with E-state index in [4.69, 9.17) is 9.47 Å². The Labute approximate surface area is 187 Å². The predicted octanol–water partition coefficient (Wildman–Crippen LogP) is 5.15. The first-order chi connectivity index (χ1) is 15.7. The van der Waals surface area contributed by atoms with Crippen molar-refractivity contribution in [2.45, 2.75) is 13.3 Å². The molecule has 0 radical (unpaired) electrons. The molecule has 3 aromatic carbocycles. The molecule has 1 aliphatic heterocycles. The molecular weight excluding hydrogens is 400 g/mol. The minimum Gasteiger partial charge on any atom is -0.454 e. The van der Waals surface area contributed by atoms with Crippen LogP contribution in [0.3, 0.4) is 0 Å². The van der Waals surface area contributed by atoms with Gasteiger partial charge < -0.3 is 19.4 Å². The molecule has 32 heavy (non-hydrogen) atoms. The van der Waals surface area contributed by atoms with Gasteiger partial charge in [-0.05, 0) is 42.7 Å². The lowest BCUT2D eigenvalue weighted by atomic mass is 10.1. The second-order valence-electron chi connectivity index (χ2n) is 7.76. The molecule has 0 atom stereocenters. The second kappa shape index (κ2) is 8.63. The lowest BCUT2D eigenvalue weighted by Crippen LogP contribution is -2.26. The minimum atomic E-state index is -0.0740. The Bertz CT molecular complexity index is 1250. The summed E-state index contributed by atoms with van der Waals surface area (Å²) < 4.78 is 13.1. The van der Waals surface area contributed by atoms with Gasteiger partial charge in [0.2, 0.25) is 6.79 Å². The van der Waals surface area contributed by atoms with E-state index in [1.54, 1.807) is 0 Å². The zero-order chi connectivity index (χ0) is 21.9. The van der Waals surface area contributed by atoms with Crippen molar-refractivity contribution in [3.05, 3.63) is 102 Å². The first kappa shape index (κ1) is 19.9. The third-order valence-corrected chi connectivity index (χ3v) is 5.72. The van der Waals surface area contributed by atoms with Gasteiger partial charge in [0.05, 0.1) is 11.3 Å². The molecule has 5 nitrogen and oxygen atoms in total. The molecule has 5 rings (SSSR count). The monoisotopic (exact) mass is 424 g/mol. The van der Waals surface area contributed by atoms with Gasteiger partial charge in [-0.3, -0.25) is 4.79 Å². The van der Waals surface area contributed by atoms with Gasteiger partial charge in [-0.2, -0.15) is 0 Å². The Hall–Kier alpha value is -3.99. The van der Waals surface area contributed by atoms with E-state index in [-0.39, 0.29) is 12.7 Å². The fourth-order valence-corrected chi connectivity index (χ4v) is 4.08. The van der Waals surface area contributed by atoms with Gasteiger partial charge in [0.25, 0.3) is 5.91 Å². The van der Waals surface area contributed by atoms with E-state index in [1.807, 2.05) is 67.6 Å². The molecule has 0 bridgehead atoms.